The smallest absolute Gasteiger partial charge is 0.122 e. The minimum Gasteiger partial charge on any atom is -0.384 e. The van der Waals surface area contributed by atoms with E-state index in [1.807, 2.05) is 18.2 Å². The summed E-state index contributed by atoms with van der Waals surface area (Å²) in [7, 11) is 0. The standard InChI is InChI=1S/C11H11BrN2/c12-7-2-1-4-9-5-3-6-10(8-9)11(13)14/h3,5-6,8H,2,7H2,(H3,13,14). The maximum Gasteiger partial charge on any atom is 0.122 e. The molecule has 0 aliphatic carbocycles. The van der Waals surface area contributed by atoms with Crippen LogP contribution in [0.25, 0.3) is 0 Å². The fourth-order valence-electron chi connectivity index (χ4n) is 0.976. The number of alkyl halides is 1. The second-order valence-electron chi connectivity index (χ2n) is 2.74. The van der Waals surface area contributed by atoms with Crippen molar-refractivity contribution in [3.8, 4) is 11.8 Å². The summed E-state index contributed by atoms with van der Waals surface area (Å²) in [5.74, 6) is 6.10. The van der Waals surface area contributed by atoms with Gasteiger partial charge in [0.05, 0.1) is 0 Å². The molecule has 2 nitrogen and oxygen atoms in total. The van der Waals surface area contributed by atoms with Crippen LogP contribution in [0.15, 0.2) is 24.3 Å². The Bertz CT molecular complexity index is 388. The first-order chi connectivity index (χ1) is 6.74. The Morgan fingerprint density at radius 1 is 1.50 bits per heavy atom. The van der Waals surface area contributed by atoms with Gasteiger partial charge in [-0.25, -0.2) is 0 Å². The third-order valence-corrected chi connectivity index (χ3v) is 2.02. The van der Waals surface area contributed by atoms with Gasteiger partial charge in [-0.05, 0) is 12.1 Å². The Kier molecular flexibility index (Phi) is 4.21. The van der Waals surface area contributed by atoms with Gasteiger partial charge in [0, 0.05) is 22.9 Å². The number of halogens is 1. The molecule has 72 valence electrons. The minimum absolute atomic E-state index is 0.0779. The number of amidine groups is 1. The summed E-state index contributed by atoms with van der Waals surface area (Å²) < 4.78 is 0. The molecule has 0 fully saturated rings. The molecule has 0 saturated carbocycles. The van der Waals surface area contributed by atoms with Crippen molar-refractivity contribution in [2.45, 2.75) is 6.42 Å². The summed E-state index contributed by atoms with van der Waals surface area (Å²) in [5, 5.41) is 8.15. The lowest BCUT2D eigenvalue weighted by Crippen LogP contribution is -2.10. The van der Waals surface area contributed by atoms with E-state index in [-0.39, 0.29) is 5.84 Å². The van der Waals surface area contributed by atoms with Crippen LogP contribution in [0.3, 0.4) is 0 Å². The van der Waals surface area contributed by atoms with Gasteiger partial charge >= 0.3 is 0 Å². The zero-order chi connectivity index (χ0) is 10.4. The molecule has 0 radical (unpaired) electrons. The molecule has 1 rings (SSSR count). The lowest BCUT2D eigenvalue weighted by molar-refractivity contribution is 1.32. The molecule has 0 spiro atoms. The fraction of sp³-hybridized carbons (Fsp3) is 0.182. The van der Waals surface area contributed by atoms with Crippen molar-refractivity contribution in [3.63, 3.8) is 0 Å². The first-order valence-electron chi connectivity index (χ1n) is 4.23. The zero-order valence-electron chi connectivity index (χ0n) is 7.68. The van der Waals surface area contributed by atoms with E-state index in [0.29, 0.717) is 0 Å². The molecule has 0 bridgehead atoms. The van der Waals surface area contributed by atoms with Gasteiger partial charge in [-0.1, -0.05) is 39.9 Å². The molecule has 0 heterocycles. The van der Waals surface area contributed by atoms with Crippen molar-refractivity contribution >= 4 is 21.8 Å². The molecule has 0 aliphatic heterocycles. The van der Waals surface area contributed by atoms with Crippen LogP contribution in [0, 0.1) is 17.3 Å². The molecule has 0 aliphatic rings. The van der Waals surface area contributed by atoms with Crippen molar-refractivity contribution < 1.29 is 0 Å². The maximum atomic E-state index is 7.27. The lowest BCUT2D eigenvalue weighted by Gasteiger charge is -1.97. The van der Waals surface area contributed by atoms with Gasteiger partial charge < -0.3 is 5.73 Å². The van der Waals surface area contributed by atoms with Crippen molar-refractivity contribution in [3.05, 3.63) is 35.4 Å². The number of hydrogen-bond donors (Lipinski definition) is 2. The summed E-state index contributed by atoms with van der Waals surface area (Å²) in [4.78, 5) is 0. The van der Waals surface area contributed by atoms with Gasteiger partial charge in [0.25, 0.3) is 0 Å². The topological polar surface area (TPSA) is 49.9 Å². The molecule has 14 heavy (non-hydrogen) atoms. The van der Waals surface area contributed by atoms with Gasteiger partial charge in [0.1, 0.15) is 5.84 Å². The summed E-state index contributed by atoms with van der Waals surface area (Å²) in [6.07, 6.45) is 0.824. The summed E-state index contributed by atoms with van der Waals surface area (Å²) in [5.41, 5.74) is 6.98. The van der Waals surface area contributed by atoms with Crippen molar-refractivity contribution in [1.29, 1.82) is 5.41 Å². The van der Waals surface area contributed by atoms with E-state index in [1.54, 1.807) is 6.07 Å². The number of benzene rings is 1. The van der Waals surface area contributed by atoms with Gasteiger partial charge in [-0.15, -0.1) is 0 Å². The highest BCUT2D eigenvalue weighted by molar-refractivity contribution is 9.09. The summed E-state index contributed by atoms with van der Waals surface area (Å²) in [6.45, 7) is 0. The van der Waals surface area contributed by atoms with Crippen LogP contribution >= 0.6 is 15.9 Å². The van der Waals surface area contributed by atoms with E-state index in [1.165, 1.54) is 0 Å². The number of nitrogens with one attached hydrogen (secondary N) is 1. The van der Waals surface area contributed by atoms with Crippen molar-refractivity contribution in [1.82, 2.24) is 0 Å². The number of nitrogen functional groups attached to an aromatic ring is 1. The van der Waals surface area contributed by atoms with Crippen molar-refractivity contribution in [2.24, 2.45) is 5.73 Å². The average Bonchev–Trinajstić information content (AvgIpc) is 2.19. The van der Waals surface area contributed by atoms with Crippen LogP contribution in [-0.2, 0) is 0 Å². The molecule has 0 amide bonds. The van der Waals surface area contributed by atoms with Gasteiger partial charge in [0.2, 0.25) is 0 Å². The molecule has 1 aromatic rings. The van der Waals surface area contributed by atoms with Crippen LogP contribution in [-0.4, -0.2) is 11.2 Å². The van der Waals surface area contributed by atoms with E-state index in [0.717, 1.165) is 22.9 Å². The van der Waals surface area contributed by atoms with E-state index < -0.39 is 0 Å². The Morgan fingerprint density at radius 2 is 2.29 bits per heavy atom. The van der Waals surface area contributed by atoms with E-state index in [9.17, 15) is 0 Å². The van der Waals surface area contributed by atoms with Crippen LogP contribution in [0.1, 0.15) is 17.5 Å². The van der Waals surface area contributed by atoms with Gasteiger partial charge in [0.15, 0.2) is 0 Å². The Morgan fingerprint density at radius 3 is 2.93 bits per heavy atom. The highest BCUT2D eigenvalue weighted by Crippen LogP contribution is 2.03. The predicted octanol–water partition coefficient (Wildman–Crippen LogP) is 2.11. The monoisotopic (exact) mass is 250 g/mol. The van der Waals surface area contributed by atoms with Crippen LogP contribution in [0.2, 0.25) is 0 Å². The third-order valence-electron chi connectivity index (χ3n) is 1.63. The average molecular weight is 251 g/mol. The maximum absolute atomic E-state index is 7.27. The molecule has 0 atom stereocenters. The first-order valence-corrected chi connectivity index (χ1v) is 5.35. The molecule has 3 N–H and O–H groups in total. The normalized spacial score (nSPS) is 8.93. The molecule has 1 aromatic carbocycles. The SMILES string of the molecule is N=C(N)c1cccc(C#CCCBr)c1. The number of rotatable bonds is 2. The predicted molar refractivity (Wildman–Crippen MR) is 62.7 cm³/mol. The molecule has 0 saturated heterocycles. The second-order valence-corrected chi connectivity index (χ2v) is 3.53. The zero-order valence-corrected chi connectivity index (χ0v) is 9.26. The molecular weight excluding hydrogens is 240 g/mol. The van der Waals surface area contributed by atoms with Gasteiger partial charge in [-0.2, -0.15) is 0 Å². The van der Waals surface area contributed by atoms with Gasteiger partial charge in [-0.3, -0.25) is 5.41 Å². The highest BCUT2D eigenvalue weighted by Gasteiger charge is 1.95. The van der Waals surface area contributed by atoms with Crippen LogP contribution < -0.4 is 5.73 Å². The third kappa shape index (κ3) is 3.23. The first kappa shape index (κ1) is 10.8. The molecule has 0 unspecified atom stereocenters. The molecular formula is C11H11BrN2. The number of hydrogen-bond acceptors (Lipinski definition) is 1. The highest BCUT2D eigenvalue weighted by atomic mass is 79.9. The summed E-state index contributed by atoms with van der Waals surface area (Å²) in [6, 6.07) is 7.39. The van der Waals surface area contributed by atoms with E-state index in [2.05, 4.69) is 27.8 Å². The molecule has 0 aromatic heterocycles. The fourth-order valence-corrected chi connectivity index (χ4v) is 1.17. The van der Waals surface area contributed by atoms with Crippen LogP contribution in [0.4, 0.5) is 0 Å². The quantitative estimate of drug-likeness (QED) is 0.359. The Balaban J connectivity index is 2.85. The van der Waals surface area contributed by atoms with Crippen LogP contribution in [0.5, 0.6) is 0 Å². The number of nitrogens with two attached hydrogens (primary N) is 1. The Hall–Kier alpha value is -1.27. The second kappa shape index (κ2) is 5.46. The lowest BCUT2D eigenvalue weighted by atomic mass is 10.1. The summed E-state index contributed by atoms with van der Waals surface area (Å²) >= 11 is 3.30. The Labute approximate surface area is 92.1 Å². The minimum atomic E-state index is 0.0779. The van der Waals surface area contributed by atoms with Crippen molar-refractivity contribution in [2.75, 3.05) is 5.33 Å². The largest absolute Gasteiger partial charge is 0.384 e. The molecule has 3 heteroatoms. The van der Waals surface area contributed by atoms with E-state index >= 15 is 0 Å². The van der Waals surface area contributed by atoms with E-state index in [4.69, 9.17) is 11.1 Å².